The second-order valence-electron chi connectivity index (χ2n) is 5.92. The summed E-state index contributed by atoms with van der Waals surface area (Å²) in [6.45, 7) is 4.92. The highest BCUT2D eigenvalue weighted by molar-refractivity contribution is 5.75. The molecule has 6 nitrogen and oxygen atoms in total. The highest BCUT2D eigenvalue weighted by Gasteiger charge is 2.20. The summed E-state index contributed by atoms with van der Waals surface area (Å²) < 4.78 is 26.7. The fourth-order valence-electron chi connectivity index (χ4n) is 2.94. The van der Waals surface area contributed by atoms with E-state index in [-0.39, 0.29) is 0 Å². The normalized spacial score (nSPS) is 15.0. The third kappa shape index (κ3) is 3.07. The SMILES string of the molecule is Cc1nccc(N2CCN(c3cnc4cc(F)c(F)cc4n3)CC2)n1. The van der Waals surface area contributed by atoms with Crippen LogP contribution in [-0.2, 0) is 0 Å². The Morgan fingerprint density at radius 3 is 2.16 bits per heavy atom. The molecule has 0 N–H and O–H groups in total. The third-order valence-electron chi connectivity index (χ3n) is 4.26. The molecule has 0 atom stereocenters. The Balaban J connectivity index is 1.52. The fraction of sp³-hybridized carbons (Fsp3) is 0.294. The van der Waals surface area contributed by atoms with Crippen LogP contribution < -0.4 is 9.80 Å². The molecule has 25 heavy (non-hydrogen) atoms. The van der Waals surface area contributed by atoms with E-state index in [1.165, 1.54) is 0 Å². The van der Waals surface area contributed by atoms with E-state index in [2.05, 4.69) is 29.7 Å². The number of aromatic nitrogens is 4. The van der Waals surface area contributed by atoms with Gasteiger partial charge in [0.15, 0.2) is 11.6 Å². The first-order valence-corrected chi connectivity index (χ1v) is 8.01. The molecule has 0 bridgehead atoms. The molecule has 128 valence electrons. The number of fused-ring (bicyclic) bond motifs is 1. The van der Waals surface area contributed by atoms with Crippen molar-refractivity contribution < 1.29 is 8.78 Å². The van der Waals surface area contributed by atoms with Crippen molar-refractivity contribution in [2.45, 2.75) is 6.92 Å². The van der Waals surface area contributed by atoms with Crippen LogP contribution in [0.4, 0.5) is 20.4 Å². The average Bonchev–Trinajstić information content (AvgIpc) is 2.62. The van der Waals surface area contributed by atoms with Gasteiger partial charge in [0, 0.05) is 44.5 Å². The van der Waals surface area contributed by atoms with Gasteiger partial charge in [-0.15, -0.1) is 0 Å². The van der Waals surface area contributed by atoms with Crippen LogP contribution in [0, 0.1) is 18.6 Å². The molecule has 1 aromatic carbocycles. The fourth-order valence-corrected chi connectivity index (χ4v) is 2.94. The van der Waals surface area contributed by atoms with Gasteiger partial charge in [-0.1, -0.05) is 0 Å². The Labute approximate surface area is 143 Å². The maximum atomic E-state index is 13.4. The monoisotopic (exact) mass is 342 g/mol. The number of hydrogen-bond acceptors (Lipinski definition) is 6. The van der Waals surface area contributed by atoms with Crippen LogP contribution in [0.5, 0.6) is 0 Å². The molecule has 0 amide bonds. The standard InChI is InChI=1S/C17H16F2N6/c1-11-20-3-2-16(22-11)24-4-6-25(7-5-24)17-10-21-14-8-12(18)13(19)9-15(14)23-17/h2-3,8-10H,4-7H2,1H3. The first-order valence-electron chi connectivity index (χ1n) is 8.01. The van der Waals surface area contributed by atoms with Gasteiger partial charge in [0.2, 0.25) is 0 Å². The van der Waals surface area contributed by atoms with Crippen molar-refractivity contribution in [1.29, 1.82) is 0 Å². The molecule has 0 unspecified atom stereocenters. The molecule has 2 aromatic heterocycles. The minimum absolute atomic E-state index is 0.345. The zero-order valence-electron chi connectivity index (χ0n) is 13.7. The van der Waals surface area contributed by atoms with Crippen LogP contribution in [0.15, 0.2) is 30.6 Å². The van der Waals surface area contributed by atoms with E-state index in [0.717, 1.165) is 50.0 Å². The van der Waals surface area contributed by atoms with E-state index in [0.29, 0.717) is 16.9 Å². The lowest BCUT2D eigenvalue weighted by Gasteiger charge is -2.35. The summed E-state index contributed by atoms with van der Waals surface area (Å²) in [4.78, 5) is 21.5. The maximum Gasteiger partial charge on any atom is 0.161 e. The number of benzene rings is 1. The Morgan fingerprint density at radius 2 is 1.48 bits per heavy atom. The highest BCUT2D eigenvalue weighted by Crippen LogP contribution is 2.21. The van der Waals surface area contributed by atoms with Crippen LogP contribution in [0.3, 0.4) is 0 Å². The number of halogens is 2. The van der Waals surface area contributed by atoms with Gasteiger partial charge in [-0.25, -0.2) is 23.7 Å². The molecule has 0 aliphatic carbocycles. The summed E-state index contributed by atoms with van der Waals surface area (Å²) in [7, 11) is 0. The van der Waals surface area contributed by atoms with Gasteiger partial charge < -0.3 is 9.80 Å². The molecular formula is C17H16F2N6. The number of nitrogens with zero attached hydrogens (tertiary/aromatic N) is 6. The molecular weight excluding hydrogens is 326 g/mol. The van der Waals surface area contributed by atoms with Gasteiger partial charge in [0.1, 0.15) is 17.5 Å². The molecule has 0 saturated carbocycles. The van der Waals surface area contributed by atoms with Crippen LogP contribution in [0.1, 0.15) is 5.82 Å². The zero-order valence-corrected chi connectivity index (χ0v) is 13.7. The molecule has 1 fully saturated rings. The molecule has 4 rings (SSSR count). The van der Waals surface area contributed by atoms with Gasteiger partial charge in [-0.3, -0.25) is 4.98 Å². The average molecular weight is 342 g/mol. The molecule has 1 saturated heterocycles. The van der Waals surface area contributed by atoms with Crippen molar-refractivity contribution in [3.8, 4) is 0 Å². The summed E-state index contributed by atoms with van der Waals surface area (Å²) in [6.07, 6.45) is 3.36. The van der Waals surface area contributed by atoms with E-state index >= 15 is 0 Å². The first-order chi connectivity index (χ1) is 12.1. The quantitative estimate of drug-likeness (QED) is 0.712. The van der Waals surface area contributed by atoms with Gasteiger partial charge in [-0.2, -0.15) is 0 Å². The number of hydrogen-bond donors (Lipinski definition) is 0. The molecule has 3 aromatic rings. The van der Waals surface area contributed by atoms with Crippen molar-refractivity contribution in [3.63, 3.8) is 0 Å². The summed E-state index contributed by atoms with van der Waals surface area (Å²) in [5, 5.41) is 0. The van der Waals surface area contributed by atoms with E-state index in [9.17, 15) is 8.78 Å². The van der Waals surface area contributed by atoms with E-state index < -0.39 is 11.6 Å². The van der Waals surface area contributed by atoms with Crippen LogP contribution in [0.25, 0.3) is 11.0 Å². The predicted octanol–water partition coefficient (Wildman–Crippen LogP) is 2.33. The van der Waals surface area contributed by atoms with Gasteiger partial charge in [0.25, 0.3) is 0 Å². The van der Waals surface area contributed by atoms with Crippen LogP contribution >= 0.6 is 0 Å². The lowest BCUT2D eigenvalue weighted by molar-refractivity contribution is 0.510. The zero-order chi connectivity index (χ0) is 17.4. The Morgan fingerprint density at radius 1 is 0.840 bits per heavy atom. The number of anilines is 2. The Kier molecular flexibility index (Phi) is 3.87. The lowest BCUT2D eigenvalue weighted by atomic mass is 10.2. The summed E-state index contributed by atoms with van der Waals surface area (Å²) in [5.74, 6) is 0.493. The first kappa shape index (κ1) is 15.6. The highest BCUT2D eigenvalue weighted by atomic mass is 19.2. The molecule has 1 aliphatic heterocycles. The summed E-state index contributed by atoms with van der Waals surface area (Å²) in [6, 6.07) is 4.05. The van der Waals surface area contributed by atoms with Gasteiger partial charge >= 0.3 is 0 Å². The lowest BCUT2D eigenvalue weighted by Crippen LogP contribution is -2.47. The largest absolute Gasteiger partial charge is 0.353 e. The summed E-state index contributed by atoms with van der Waals surface area (Å²) in [5.41, 5.74) is 0.697. The van der Waals surface area contributed by atoms with Gasteiger partial charge in [0.05, 0.1) is 17.2 Å². The number of piperazine rings is 1. The second-order valence-corrected chi connectivity index (χ2v) is 5.92. The molecule has 8 heteroatoms. The van der Waals surface area contributed by atoms with E-state index in [1.807, 2.05) is 13.0 Å². The number of rotatable bonds is 2. The Hall–Kier alpha value is -2.90. The Bertz CT molecular complexity index is 924. The second kappa shape index (κ2) is 6.19. The van der Waals surface area contributed by atoms with Crippen molar-refractivity contribution in [1.82, 2.24) is 19.9 Å². The maximum absolute atomic E-state index is 13.4. The van der Waals surface area contributed by atoms with Crippen LogP contribution in [0.2, 0.25) is 0 Å². The molecule has 3 heterocycles. The molecule has 0 spiro atoms. The van der Waals surface area contributed by atoms with Crippen molar-refractivity contribution >= 4 is 22.7 Å². The van der Waals surface area contributed by atoms with Gasteiger partial charge in [-0.05, 0) is 13.0 Å². The van der Waals surface area contributed by atoms with E-state index in [1.54, 1.807) is 12.4 Å². The predicted molar refractivity (Wildman–Crippen MR) is 90.6 cm³/mol. The minimum Gasteiger partial charge on any atom is -0.353 e. The van der Waals surface area contributed by atoms with E-state index in [4.69, 9.17) is 0 Å². The topological polar surface area (TPSA) is 58.0 Å². The van der Waals surface area contributed by atoms with Crippen molar-refractivity contribution in [3.05, 3.63) is 48.1 Å². The minimum atomic E-state index is -0.914. The van der Waals surface area contributed by atoms with Crippen LogP contribution in [-0.4, -0.2) is 46.1 Å². The molecule has 1 aliphatic rings. The number of aryl methyl sites for hydroxylation is 1. The smallest absolute Gasteiger partial charge is 0.161 e. The third-order valence-corrected chi connectivity index (χ3v) is 4.26. The van der Waals surface area contributed by atoms with Crippen molar-refractivity contribution in [2.75, 3.05) is 36.0 Å². The van der Waals surface area contributed by atoms with Crippen molar-refractivity contribution in [2.24, 2.45) is 0 Å². The summed E-state index contributed by atoms with van der Waals surface area (Å²) >= 11 is 0. The molecule has 0 radical (unpaired) electrons.